The Labute approximate surface area is 226 Å². The monoisotopic (exact) mass is 524 g/mol. The van der Waals surface area contributed by atoms with Gasteiger partial charge in [0.05, 0.1) is 16.7 Å². The summed E-state index contributed by atoms with van der Waals surface area (Å²) in [6.07, 6.45) is 0. The Hall–Kier alpha value is -5.43. The number of rotatable bonds is 3. The molecule has 0 saturated heterocycles. The Morgan fingerprint density at radius 2 is 1.40 bits per heavy atom. The summed E-state index contributed by atoms with van der Waals surface area (Å²) in [7, 11) is 0. The number of nitrogens with zero attached hydrogens (tertiary/aromatic N) is 4. The number of aromatic nitrogens is 4. The van der Waals surface area contributed by atoms with Crippen molar-refractivity contribution in [3.05, 3.63) is 121 Å². The van der Waals surface area contributed by atoms with Gasteiger partial charge in [-0.15, -0.1) is 0 Å². The largest absolute Gasteiger partial charge is 0.423 e. The van der Waals surface area contributed by atoms with Crippen molar-refractivity contribution in [2.75, 3.05) is 0 Å². The van der Waals surface area contributed by atoms with E-state index in [-0.39, 0.29) is 5.56 Å². The molecule has 4 aromatic carbocycles. The Morgan fingerprint density at radius 3 is 2.27 bits per heavy atom. The molecule has 0 aliphatic carbocycles. The van der Waals surface area contributed by atoms with E-state index >= 15 is 0 Å². The lowest BCUT2D eigenvalue weighted by Gasteiger charge is -2.08. The summed E-state index contributed by atoms with van der Waals surface area (Å²) in [4.78, 5) is 13.3. The second-order valence-electron chi connectivity index (χ2n) is 9.61. The highest BCUT2D eigenvalue weighted by atomic mass is 19.1. The number of halogens is 2. The molecule has 0 spiro atoms. The second-order valence-corrected chi connectivity index (χ2v) is 9.61. The van der Waals surface area contributed by atoms with E-state index in [4.69, 9.17) is 14.4 Å². The van der Waals surface area contributed by atoms with Crippen LogP contribution in [-0.2, 0) is 0 Å². The first-order valence-corrected chi connectivity index (χ1v) is 12.8. The molecule has 0 aliphatic rings. The molecule has 190 valence electrons. The van der Waals surface area contributed by atoms with Crippen molar-refractivity contribution < 1.29 is 13.2 Å². The van der Waals surface area contributed by atoms with Gasteiger partial charge in [0.1, 0.15) is 11.0 Å². The molecule has 4 heterocycles. The first kappa shape index (κ1) is 22.5. The van der Waals surface area contributed by atoms with E-state index in [2.05, 4.69) is 4.98 Å². The zero-order chi connectivity index (χ0) is 26.8. The smallest absolute Gasteiger partial charge is 0.307 e. The van der Waals surface area contributed by atoms with Gasteiger partial charge in [-0.05, 0) is 53.1 Å². The van der Waals surface area contributed by atoms with Gasteiger partial charge in [0.2, 0.25) is 11.9 Å². The number of fused-ring (bicyclic) bond motifs is 7. The van der Waals surface area contributed by atoms with E-state index in [1.54, 1.807) is 6.07 Å². The van der Waals surface area contributed by atoms with Gasteiger partial charge in [-0.25, -0.2) is 4.98 Å². The van der Waals surface area contributed by atoms with Crippen LogP contribution in [0.5, 0.6) is 0 Å². The van der Waals surface area contributed by atoms with Gasteiger partial charge in [0.25, 0.3) is 0 Å². The normalized spacial score (nSPS) is 11.8. The molecule has 0 fully saturated rings. The minimum absolute atomic E-state index is 0.237. The van der Waals surface area contributed by atoms with Crippen LogP contribution in [0, 0.1) is 11.9 Å². The minimum atomic E-state index is -0.850. The fourth-order valence-electron chi connectivity index (χ4n) is 5.39. The van der Waals surface area contributed by atoms with Crippen LogP contribution in [0.15, 0.2) is 114 Å². The summed E-state index contributed by atoms with van der Waals surface area (Å²) in [6, 6.07) is 33.9. The van der Waals surface area contributed by atoms with Gasteiger partial charge in [-0.1, -0.05) is 72.8 Å². The van der Waals surface area contributed by atoms with Crippen molar-refractivity contribution in [2.24, 2.45) is 0 Å². The Morgan fingerprint density at radius 1 is 0.625 bits per heavy atom. The van der Waals surface area contributed by atoms with Gasteiger partial charge in [-0.2, -0.15) is 18.7 Å². The molecule has 40 heavy (non-hydrogen) atoms. The van der Waals surface area contributed by atoms with Crippen molar-refractivity contribution in [1.82, 2.24) is 19.4 Å². The molecule has 4 aromatic heterocycles. The molecule has 0 bridgehead atoms. The maximum absolute atomic E-state index is 14.4. The van der Waals surface area contributed by atoms with Crippen LogP contribution >= 0.6 is 0 Å². The number of para-hydroxylation sites is 1. The number of hydrogen-bond donors (Lipinski definition) is 0. The quantitative estimate of drug-likeness (QED) is 0.218. The third-order valence-corrected chi connectivity index (χ3v) is 7.23. The standard InChI is InChI=1S/C33H18F2N4O/c34-28-16-14-23(32(35)37-28)22-10-6-9-20(17-22)21-13-15-27-26(18-21)39-31-29(19-7-2-1-3-8-19)36-25-12-5-4-11-24(25)30(31)38-33(39)40-27/h1-18H. The van der Waals surface area contributed by atoms with Gasteiger partial charge >= 0.3 is 5.84 Å². The molecule has 8 aromatic rings. The molecule has 0 N–H and O–H groups in total. The first-order valence-electron chi connectivity index (χ1n) is 12.8. The number of pyridine rings is 2. The lowest BCUT2D eigenvalue weighted by molar-refractivity contribution is 0.515. The van der Waals surface area contributed by atoms with E-state index in [0.717, 1.165) is 55.9 Å². The summed E-state index contributed by atoms with van der Waals surface area (Å²) < 4.78 is 36.1. The van der Waals surface area contributed by atoms with E-state index < -0.39 is 11.9 Å². The fraction of sp³-hybridized carbons (Fsp3) is 0. The summed E-state index contributed by atoms with van der Waals surface area (Å²) in [5.41, 5.74) is 8.48. The van der Waals surface area contributed by atoms with Crippen LogP contribution in [0.1, 0.15) is 0 Å². The lowest BCUT2D eigenvalue weighted by Crippen LogP contribution is -1.93. The molecule has 0 atom stereocenters. The molecule has 0 radical (unpaired) electrons. The van der Waals surface area contributed by atoms with Crippen LogP contribution in [-0.4, -0.2) is 19.4 Å². The second kappa shape index (κ2) is 8.54. The molecule has 0 aliphatic heterocycles. The maximum atomic E-state index is 14.4. The number of imidazole rings is 1. The van der Waals surface area contributed by atoms with Crippen LogP contribution < -0.4 is 0 Å². The van der Waals surface area contributed by atoms with Crippen LogP contribution in [0.25, 0.3) is 72.4 Å². The molecule has 8 rings (SSSR count). The third-order valence-electron chi connectivity index (χ3n) is 7.23. The van der Waals surface area contributed by atoms with Crippen molar-refractivity contribution in [1.29, 1.82) is 0 Å². The van der Waals surface area contributed by atoms with E-state index in [1.807, 2.05) is 95.4 Å². The average Bonchev–Trinajstić information content (AvgIpc) is 3.53. The molecule has 7 heteroatoms. The summed E-state index contributed by atoms with van der Waals surface area (Å²) >= 11 is 0. The van der Waals surface area contributed by atoms with Crippen LogP contribution in [0.4, 0.5) is 8.78 Å². The predicted molar refractivity (Wildman–Crippen MR) is 152 cm³/mol. The molecule has 0 unspecified atom stereocenters. The van der Waals surface area contributed by atoms with Gasteiger partial charge < -0.3 is 4.42 Å². The van der Waals surface area contributed by atoms with Gasteiger partial charge in [0, 0.05) is 16.5 Å². The molecular formula is C33H18F2N4O. The van der Waals surface area contributed by atoms with Gasteiger partial charge in [0.15, 0.2) is 5.58 Å². The number of benzene rings is 4. The molecule has 5 nitrogen and oxygen atoms in total. The Bertz CT molecular complexity index is 2250. The average molecular weight is 525 g/mol. The first-order chi connectivity index (χ1) is 19.6. The molecule has 0 amide bonds. The SMILES string of the molecule is Fc1ccc(-c2cccc(-c3ccc4oc5nc6c7ccccc7nc(-c7ccccc7)c6n5c4c3)c2)c(F)n1. The van der Waals surface area contributed by atoms with Crippen LogP contribution in [0.2, 0.25) is 0 Å². The van der Waals surface area contributed by atoms with E-state index in [9.17, 15) is 8.78 Å². The number of oxazole rings is 1. The highest BCUT2D eigenvalue weighted by molar-refractivity contribution is 6.10. The van der Waals surface area contributed by atoms with E-state index in [0.29, 0.717) is 17.0 Å². The number of hydrogen-bond acceptors (Lipinski definition) is 4. The summed E-state index contributed by atoms with van der Waals surface area (Å²) in [5.74, 6) is -1.22. The zero-order valence-electron chi connectivity index (χ0n) is 20.8. The summed E-state index contributed by atoms with van der Waals surface area (Å²) in [6.45, 7) is 0. The van der Waals surface area contributed by atoms with Crippen molar-refractivity contribution >= 4 is 38.9 Å². The summed E-state index contributed by atoms with van der Waals surface area (Å²) in [5, 5.41) is 0.947. The fourth-order valence-corrected chi connectivity index (χ4v) is 5.39. The lowest BCUT2D eigenvalue weighted by atomic mass is 9.99. The third kappa shape index (κ3) is 3.41. The maximum Gasteiger partial charge on any atom is 0.307 e. The zero-order valence-corrected chi connectivity index (χ0v) is 20.8. The van der Waals surface area contributed by atoms with Crippen LogP contribution in [0.3, 0.4) is 0 Å². The Balaban J connectivity index is 1.39. The predicted octanol–water partition coefficient (Wildman–Crippen LogP) is 8.46. The molecular weight excluding hydrogens is 506 g/mol. The van der Waals surface area contributed by atoms with E-state index in [1.165, 1.54) is 6.07 Å². The van der Waals surface area contributed by atoms with Crippen molar-refractivity contribution in [2.45, 2.75) is 0 Å². The highest BCUT2D eigenvalue weighted by Crippen LogP contribution is 2.37. The van der Waals surface area contributed by atoms with Crippen molar-refractivity contribution in [3.63, 3.8) is 0 Å². The highest BCUT2D eigenvalue weighted by Gasteiger charge is 2.21. The molecule has 0 saturated carbocycles. The Kier molecular flexibility index (Phi) is 4.81. The topological polar surface area (TPSA) is 56.2 Å². The van der Waals surface area contributed by atoms with Crippen molar-refractivity contribution in [3.8, 4) is 33.5 Å². The minimum Gasteiger partial charge on any atom is -0.423 e. The van der Waals surface area contributed by atoms with Gasteiger partial charge in [-0.3, -0.25) is 4.40 Å².